The molecule has 30 heavy (non-hydrogen) atoms. The van der Waals surface area contributed by atoms with Crippen molar-refractivity contribution in [3.8, 4) is 5.75 Å². The third-order valence-electron chi connectivity index (χ3n) is 4.90. The second-order valence-corrected chi connectivity index (χ2v) is 7.77. The van der Waals surface area contributed by atoms with Gasteiger partial charge in [0.05, 0.1) is 19.2 Å². The molecular formula is C22H34FN3O4. The van der Waals surface area contributed by atoms with Gasteiger partial charge < -0.3 is 20.1 Å². The number of ether oxygens (including phenoxy) is 2. The molecule has 1 heterocycles. The summed E-state index contributed by atoms with van der Waals surface area (Å²) in [6.45, 7) is 7.76. The Morgan fingerprint density at radius 3 is 2.47 bits per heavy atom. The van der Waals surface area contributed by atoms with E-state index in [1.807, 2.05) is 13.8 Å². The Kier molecular flexibility index (Phi) is 10.6. The molecule has 0 radical (unpaired) electrons. The largest absolute Gasteiger partial charge is 0.492 e. The van der Waals surface area contributed by atoms with E-state index in [4.69, 9.17) is 9.47 Å². The summed E-state index contributed by atoms with van der Waals surface area (Å²) in [6.07, 6.45) is 2.54. The number of hydrogen-bond donors (Lipinski definition) is 2. The quantitative estimate of drug-likeness (QED) is 0.503. The highest BCUT2D eigenvalue weighted by Crippen LogP contribution is 2.17. The number of nitrogens with one attached hydrogen (secondary N) is 2. The van der Waals surface area contributed by atoms with Crippen molar-refractivity contribution in [2.24, 2.45) is 5.92 Å². The van der Waals surface area contributed by atoms with Crippen LogP contribution in [-0.4, -0.2) is 68.8 Å². The molecule has 0 aromatic heterocycles. The minimum atomic E-state index is -0.312. The SMILES string of the molecule is CC(C)OCCCNC(=O)C1CCN(CC(=O)NCCOc2ccc(F)cc2)CC1. The van der Waals surface area contributed by atoms with Crippen molar-refractivity contribution in [1.29, 1.82) is 0 Å². The van der Waals surface area contributed by atoms with Crippen molar-refractivity contribution in [3.05, 3.63) is 30.1 Å². The molecule has 2 N–H and O–H groups in total. The van der Waals surface area contributed by atoms with Gasteiger partial charge in [-0.25, -0.2) is 4.39 Å². The standard InChI is InChI=1S/C22H34FN3O4/c1-17(2)29-14-3-10-25-22(28)18-8-12-26(13-9-18)16-21(27)24-11-15-30-20-6-4-19(23)5-7-20/h4-7,17-18H,3,8-16H2,1-2H3,(H,24,27)(H,25,28). The number of carbonyl (C=O) groups is 2. The van der Waals surface area contributed by atoms with Crippen LogP contribution in [0.4, 0.5) is 4.39 Å². The van der Waals surface area contributed by atoms with Gasteiger partial charge in [0.1, 0.15) is 18.2 Å². The topological polar surface area (TPSA) is 79.9 Å². The number of nitrogens with zero attached hydrogens (tertiary/aromatic N) is 1. The molecule has 0 atom stereocenters. The van der Waals surface area contributed by atoms with Gasteiger partial charge in [-0.15, -0.1) is 0 Å². The molecule has 0 saturated carbocycles. The Balaban J connectivity index is 1.52. The van der Waals surface area contributed by atoms with E-state index in [1.165, 1.54) is 12.1 Å². The van der Waals surface area contributed by atoms with Gasteiger partial charge in [0.25, 0.3) is 0 Å². The van der Waals surface area contributed by atoms with Crippen LogP contribution in [0.5, 0.6) is 5.75 Å². The summed E-state index contributed by atoms with van der Waals surface area (Å²) >= 11 is 0. The molecule has 1 aromatic rings. The third-order valence-corrected chi connectivity index (χ3v) is 4.90. The lowest BCUT2D eigenvalue weighted by molar-refractivity contribution is -0.126. The molecule has 0 unspecified atom stereocenters. The smallest absolute Gasteiger partial charge is 0.234 e. The molecule has 0 spiro atoms. The highest BCUT2D eigenvalue weighted by atomic mass is 19.1. The van der Waals surface area contributed by atoms with Crippen LogP contribution in [-0.2, 0) is 14.3 Å². The van der Waals surface area contributed by atoms with Gasteiger partial charge in [-0.3, -0.25) is 14.5 Å². The highest BCUT2D eigenvalue weighted by molar-refractivity contribution is 5.79. The van der Waals surface area contributed by atoms with E-state index in [9.17, 15) is 14.0 Å². The third kappa shape index (κ3) is 9.54. The maximum atomic E-state index is 12.8. The Hall–Kier alpha value is -2.19. The number of amides is 2. The summed E-state index contributed by atoms with van der Waals surface area (Å²) in [5.74, 6) is 0.304. The molecule has 8 heteroatoms. The lowest BCUT2D eigenvalue weighted by atomic mass is 9.96. The number of hydrogen-bond acceptors (Lipinski definition) is 5. The summed E-state index contributed by atoms with van der Waals surface area (Å²) in [5, 5.41) is 5.80. The van der Waals surface area contributed by atoms with E-state index >= 15 is 0 Å². The summed E-state index contributed by atoms with van der Waals surface area (Å²) in [6, 6.07) is 5.77. The van der Waals surface area contributed by atoms with Crippen LogP contribution in [0.2, 0.25) is 0 Å². The van der Waals surface area contributed by atoms with E-state index in [2.05, 4.69) is 15.5 Å². The molecule has 0 aliphatic carbocycles. The fourth-order valence-corrected chi connectivity index (χ4v) is 3.25. The molecule has 1 aliphatic heterocycles. The maximum absolute atomic E-state index is 12.8. The van der Waals surface area contributed by atoms with E-state index in [0.29, 0.717) is 38.6 Å². The van der Waals surface area contributed by atoms with Gasteiger partial charge >= 0.3 is 0 Å². The highest BCUT2D eigenvalue weighted by Gasteiger charge is 2.25. The predicted octanol–water partition coefficient (Wildman–Crippen LogP) is 1.96. The molecule has 1 saturated heterocycles. The number of halogens is 1. The zero-order valence-electron chi connectivity index (χ0n) is 18.0. The number of piperidine rings is 1. The molecule has 7 nitrogen and oxygen atoms in total. The molecule has 0 bridgehead atoms. The first-order chi connectivity index (χ1) is 14.4. The number of likely N-dealkylation sites (tertiary alicyclic amines) is 1. The zero-order chi connectivity index (χ0) is 21.8. The van der Waals surface area contributed by atoms with E-state index in [1.54, 1.807) is 12.1 Å². The van der Waals surface area contributed by atoms with Gasteiger partial charge in [-0.2, -0.15) is 0 Å². The van der Waals surface area contributed by atoms with Crippen LogP contribution in [0.25, 0.3) is 0 Å². The fraction of sp³-hybridized carbons (Fsp3) is 0.636. The molecule has 2 rings (SSSR count). The average molecular weight is 424 g/mol. The van der Waals surface area contributed by atoms with E-state index in [-0.39, 0.29) is 29.7 Å². The van der Waals surface area contributed by atoms with Crippen molar-refractivity contribution >= 4 is 11.8 Å². The minimum absolute atomic E-state index is 0.0134. The summed E-state index contributed by atoms with van der Waals surface area (Å²) in [7, 11) is 0. The van der Waals surface area contributed by atoms with Gasteiger partial charge in [0, 0.05) is 19.1 Å². The second-order valence-electron chi connectivity index (χ2n) is 7.77. The maximum Gasteiger partial charge on any atom is 0.234 e. The first-order valence-corrected chi connectivity index (χ1v) is 10.7. The van der Waals surface area contributed by atoms with Crippen molar-refractivity contribution in [1.82, 2.24) is 15.5 Å². The lowest BCUT2D eigenvalue weighted by Crippen LogP contribution is -2.45. The summed E-state index contributed by atoms with van der Waals surface area (Å²) < 4.78 is 23.8. The summed E-state index contributed by atoms with van der Waals surface area (Å²) in [5.41, 5.74) is 0. The first kappa shape index (κ1) is 24.1. The van der Waals surface area contributed by atoms with Crippen LogP contribution >= 0.6 is 0 Å². The van der Waals surface area contributed by atoms with Crippen LogP contribution < -0.4 is 15.4 Å². The molecule has 2 amide bonds. The number of rotatable bonds is 12. The Bertz CT molecular complexity index is 646. The minimum Gasteiger partial charge on any atom is -0.492 e. The monoisotopic (exact) mass is 423 g/mol. The van der Waals surface area contributed by atoms with Crippen LogP contribution in [0.15, 0.2) is 24.3 Å². The molecule has 168 valence electrons. The van der Waals surface area contributed by atoms with Gasteiger partial charge in [0.2, 0.25) is 11.8 Å². The van der Waals surface area contributed by atoms with Crippen molar-refractivity contribution in [3.63, 3.8) is 0 Å². The van der Waals surface area contributed by atoms with Crippen LogP contribution in [0.1, 0.15) is 33.1 Å². The Morgan fingerprint density at radius 2 is 1.80 bits per heavy atom. The van der Waals surface area contributed by atoms with Gasteiger partial charge in [-0.05, 0) is 70.5 Å². The predicted molar refractivity (Wildman–Crippen MR) is 113 cm³/mol. The van der Waals surface area contributed by atoms with E-state index < -0.39 is 0 Å². The molecular weight excluding hydrogens is 389 g/mol. The average Bonchev–Trinajstić information content (AvgIpc) is 2.72. The first-order valence-electron chi connectivity index (χ1n) is 10.7. The van der Waals surface area contributed by atoms with Crippen molar-refractivity contribution in [2.75, 3.05) is 45.9 Å². The number of carbonyl (C=O) groups excluding carboxylic acids is 2. The normalized spacial score (nSPS) is 15.2. The fourth-order valence-electron chi connectivity index (χ4n) is 3.25. The summed E-state index contributed by atoms with van der Waals surface area (Å²) in [4.78, 5) is 26.4. The van der Waals surface area contributed by atoms with Gasteiger partial charge in [0.15, 0.2) is 0 Å². The van der Waals surface area contributed by atoms with Crippen molar-refractivity contribution in [2.45, 2.75) is 39.2 Å². The molecule has 1 aromatic carbocycles. The Morgan fingerprint density at radius 1 is 1.10 bits per heavy atom. The zero-order valence-corrected chi connectivity index (χ0v) is 18.0. The molecule has 1 aliphatic rings. The van der Waals surface area contributed by atoms with Crippen LogP contribution in [0, 0.1) is 11.7 Å². The van der Waals surface area contributed by atoms with Crippen LogP contribution in [0.3, 0.4) is 0 Å². The second kappa shape index (κ2) is 13.2. The Labute approximate surface area is 178 Å². The lowest BCUT2D eigenvalue weighted by Gasteiger charge is -2.30. The van der Waals surface area contributed by atoms with E-state index in [0.717, 1.165) is 32.4 Å². The number of benzene rings is 1. The molecule has 1 fully saturated rings. The van der Waals surface area contributed by atoms with Gasteiger partial charge in [-0.1, -0.05) is 0 Å². The van der Waals surface area contributed by atoms with Crippen molar-refractivity contribution < 1.29 is 23.5 Å².